The number of rotatable bonds is 4. The standard InChI is InChI=1S/C18H22F4N2O5/c1-17(2,3)29-16(26)24-9-8-12(27-4)14(24)15(25)23-10-6-5-7-11(13(10)19)28-18(20,21)22/h5-7,12,14H,8-9H2,1-4H3,(H,23,25)/t12-,14+/m1/s1. The molecule has 1 aliphatic heterocycles. The van der Waals surface area contributed by atoms with Crippen molar-refractivity contribution in [2.24, 2.45) is 0 Å². The average molecular weight is 422 g/mol. The van der Waals surface area contributed by atoms with Gasteiger partial charge in [0.1, 0.15) is 11.6 Å². The predicted octanol–water partition coefficient (Wildman–Crippen LogP) is 3.69. The number of nitrogens with one attached hydrogen (secondary N) is 1. The zero-order valence-corrected chi connectivity index (χ0v) is 16.3. The van der Waals surface area contributed by atoms with Crippen LogP contribution in [0.4, 0.5) is 28.0 Å². The van der Waals surface area contributed by atoms with E-state index in [1.54, 1.807) is 20.8 Å². The molecule has 1 heterocycles. The highest BCUT2D eigenvalue weighted by Crippen LogP contribution is 2.31. The molecule has 1 fully saturated rings. The number of halogens is 4. The Balaban J connectivity index is 2.23. The van der Waals surface area contributed by atoms with Gasteiger partial charge in [-0.25, -0.2) is 9.18 Å². The second kappa shape index (κ2) is 8.44. The minimum absolute atomic E-state index is 0.158. The van der Waals surface area contributed by atoms with Crippen molar-refractivity contribution in [1.29, 1.82) is 0 Å². The van der Waals surface area contributed by atoms with E-state index in [0.717, 1.165) is 23.1 Å². The smallest absolute Gasteiger partial charge is 0.444 e. The third-order valence-corrected chi connectivity index (χ3v) is 3.99. The summed E-state index contributed by atoms with van der Waals surface area (Å²) in [5.41, 5.74) is -1.33. The number of methoxy groups -OCH3 is 1. The van der Waals surface area contributed by atoms with E-state index in [1.165, 1.54) is 7.11 Å². The first-order valence-electron chi connectivity index (χ1n) is 8.70. The van der Waals surface area contributed by atoms with Crippen LogP contribution in [-0.2, 0) is 14.3 Å². The fraction of sp³-hybridized carbons (Fsp3) is 0.556. The molecular weight excluding hydrogens is 400 g/mol. The van der Waals surface area contributed by atoms with Crippen molar-refractivity contribution in [3.63, 3.8) is 0 Å². The van der Waals surface area contributed by atoms with Gasteiger partial charge in [-0.3, -0.25) is 9.69 Å². The molecule has 0 bridgehead atoms. The Morgan fingerprint density at radius 3 is 2.41 bits per heavy atom. The molecule has 0 unspecified atom stereocenters. The average Bonchev–Trinajstić information content (AvgIpc) is 3.00. The van der Waals surface area contributed by atoms with E-state index in [0.29, 0.717) is 6.42 Å². The number of anilines is 1. The highest BCUT2D eigenvalue weighted by molar-refractivity contribution is 5.97. The molecule has 162 valence electrons. The number of likely N-dealkylation sites (tertiary alicyclic amines) is 1. The topological polar surface area (TPSA) is 77.1 Å². The van der Waals surface area contributed by atoms with Crippen LogP contribution < -0.4 is 10.1 Å². The highest BCUT2D eigenvalue weighted by Gasteiger charge is 2.44. The van der Waals surface area contributed by atoms with Crippen molar-refractivity contribution >= 4 is 17.7 Å². The fourth-order valence-electron chi connectivity index (χ4n) is 2.86. The van der Waals surface area contributed by atoms with Gasteiger partial charge in [-0.05, 0) is 39.3 Å². The number of alkyl halides is 3. The SMILES string of the molecule is CO[C@@H]1CCN(C(=O)OC(C)(C)C)[C@@H]1C(=O)Nc1cccc(OC(F)(F)F)c1F. The number of nitrogens with zero attached hydrogens (tertiary/aromatic N) is 1. The number of ether oxygens (including phenoxy) is 3. The van der Waals surface area contributed by atoms with Gasteiger partial charge in [0.15, 0.2) is 11.6 Å². The zero-order chi connectivity index (χ0) is 22.0. The summed E-state index contributed by atoms with van der Waals surface area (Å²) in [6.07, 6.45) is -6.22. The number of carbonyl (C=O) groups is 2. The van der Waals surface area contributed by atoms with Gasteiger partial charge >= 0.3 is 12.5 Å². The minimum atomic E-state index is -5.09. The molecular formula is C18H22F4N2O5. The molecule has 0 spiro atoms. The molecule has 29 heavy (non-hydrogen) atoms. The fourth-order valence-corrected chi connectivity index (χ4v) is 2.86. The van der Waals surface area contributed by atoms with Crippen LogP contribution in [0.3, 0.4) is 0 Å². The van der Waals surface area contributed by atoms with Crippen molar-refractivity contribution in [1.82, 2.24) is 4.90 Å². The summed E-state index contributed by atoms with van der Waals surface area (Å²) in [6.45, 7) is 5.13. The lowest BCUT2D eigenvalue weighted by Gasteiger charge is -2.29. The molecule has 11 heteroatoms. The molecule has 1 saturated heterocycles. The lowest BCUT2D eigenvalue weighted by molar-refractivity contribution is -0.275. The molecule has 0 aliphatic carbocycles. The maximum absolute atomic E-state index is 14.3. The van der Waals surface area contributed by atoms with Gasteiger partial charge in [0, 0.05) is 13.7 Å². The van der Waals surface area contributed by atoms with Crippen molar-refractivity contribution in [2.45, 2.75) is 51.3 Å². The van der Waals surface area contributed by atoms with Crippen molar-refractivity contribution in [3.05, 3.63) is 24.0 Å². The second-order valence-electron chi connectivity index (χ2n) is 7.34. The first kappa shape index (κ1) is 22.7. The first-order chi connectivity index (χ1) is 13.3. The Bertz CT molecular complexity index is 764. The molecule has 7 nitrogen and oxygen atoms in total. The Morgan fingerprint density at radius 1 is 1.21 bits per heavy atom. The Morgan fingerprint density at radius 2 is 1.86 bits per heavy atom. The first-order valence-corrected chi connectivity index (χ1v) is 8.70. The van der Waals surface area contributed by atoms with Gasteiger partial charge in [-0.15, -0.1) is 13.2 Å². The van der Waals surface area contributed by atoms with Crippen LogP contribution in [0.5, 0.6) is 5.75 Å². The van der Waals surface area contributed by atoms with Crippen LogP contribution in [0.25, 0.3) is 0 Å². The normalized spacial score (nSPS) is 19.8. The Labute approximate surface area is 164 Å². The van der Waals surface area contributed by atoms with E-state index < -0.39 is 53.4 Å². The minimum Gasteiger partial charge on any atom is -0.444 e. The quantitative estimate of drug-likeness (QED) is 0.749. The molecule has 1 aromatic carbocycles. The molecule has 0 aromatic heterocycles. The summed E-state index contributed by atoms with van der Waals surface area (Å²) in [4.78, 5) is 26.3. The summed E-state index contributed by atoms with van der Waals surface area (Å²) >= 11 is 0. The summed E-state index contributed by atoms with van der Waals surface area (Å²) < 4.78 is 65.6. The third-order valence-electron chi connectivity index (χ3n) is 3.99. The number of hydrogen-bond donors (Lipinski definition) is 1. The van der Waals surface area contributed by atoms with Gasteiger partial charge in [-0.1, -0.05) is 6.07 Å². The van der Waals surface area contributed by atoms with Crippen molar-refractivity contribution in [2.75, 3.05) is 19.0 Å². The number of benzene rings is 1. The summed E-state index contributed by atoms with van der Waals surface area (Å²) in [5, 5.41) is 2.20. The van der Waals surface area contributed by atoms with E-state index in [4.69, 9.17) is 9.47 Å². The van der Waals surface area contributed by atoms with E-state index in [1.807, 2.05) is 0 Å². The van der Waals surface area contributed by atoms with Crippen LogP contribution in [0.2, 0.25) is 0 Å². The van der Waals surface area contributed by atoms with Crippen LogP contribution in [0.15, 0.2) is 18.2 Å². The monoisotopic (exact) mass is 422 g/mol. The van der Waals surface area contributed by atoms with Gasteiger partial charge in [0.2, 0.25) is 5.91 Å². The largest absolute Gasteiger partial charge is 0.573 e. The molecule has 1 aromatic rings. The van der Waals surface area contributed by atoms with E-state index >= 15 is 0 Å². The summed E-state index contributed by atoms with van der Waals surface area (Å²) in [5.74, 6) is -3.31. The lowest BCUT2D eigenvalue weighted by Crippen LogP contribution is -2.49. The van der Waals surface area contributed by atoms with Crippen LogP contribution in [0, 0.1) is 5.82 Å². The van der Waals surface area contributed by atoms with Crippen molar-refractivity contribution in [3.8, 4) is 5.75 Å². The van der Waals surface area contributed by atoms with E-state index in [-0.39, 0.29) is 6.54 Å². The number of amides is 2. The van der Waals surface area contributed by atoms with E-state index in [2.05, 4.69) is 10.1 Å². The zero-order valence-electron chi connectivity index (χ0n) is 16.3. The molecule has 0 radical (unpaired) electrons. The van der Waals surface area contributed by atoms with Crippen LogP contribution in [-0.4, -0.2) is 54.7 Å². The molecule has 1 aliphatic rings. The van der Waals surface area contributed by atoms with Gasteiger partial charge in [0.05, 0.1) is 11.8 Å². The number of hydrogen-bond acceptors (Lipinski definition) is 5. The molecule has 2 atom stereocenters. The maximum atomic E-state index is 14.3. The molecule has 1 N–H and O–H groups in total. The van der Waals surface area contributed by atoms with E-state index in [9.17, 15) is 27.2 Å². The van der Waals surface area contributed by atoms with Crippen LogP contribution >= 0.6 is 0 Å². The van der Waals surface area contributed by atoms with Gasteiger partial charge < -0.3 is 19.5 Å². The maximum Gasteiger partial charge on any atom is 0.573 e. The van der Waals surface area contributed by atoms with Crippen LogP contribution in [0.1, 0.15) is 27.2 Å². The third kappa shape index (κ3) is 5.96. The lowest BCUT2D eigenvalue weighted by atomic mass is 10.1. The molecule has 0 saturated carbocycles. The van der Waals surface area contributed by atoms with Gasteiger partial charge in [-0.2, -0.15) is 0 Å². The molecule has 2 amide bonds. The predicted molar refractivity (Wildman–Crippen MR) is 93.9 cm³/mol. The highest BCUT2D eigenvalue weighted by atomic mass is 19.4. The summed E-state index contributed by atoms with van der Waals surface area (Å²) in [6, 6.07) is 1.79. The Kier molecular flexibility index (Phi) is 6.61. The second-order valence-corrected chi connectivity index (χ2v) is 7.34. The number of carbonyl (C=O) groups excluding carboxylic acids is 2. The van der Waals surface area contributed by atoms with Crippen molar-refractivity contribution < 1.29 is 41.4 Å². The Hall–Kier alpha value is -2.56. The van der Waals surface area contributed by atoms with Gasteiger partial charge in [0.25, 0.3) is 0 Å². The summed E-state index contributed by atoms with van der Waals surface area (Å²) in [7, 11) is 1.35. The molecule has 2 rings (SSSR count).